The number of benzene rings is 2. The van der Waals surface area contributed by atoms with E-state index in [1.807, 2.05) is 18.2 Å². The van der Waals surface area contributed by atoms with Crippen molar-refractivity contribution in [3.05, 3.63) is 52.6 Å². The molecule has 0 unspecified atom stereocenters. The van der Waals surface area contributed by atoms with Gasteiger partial charge in [-0.05, 0) is 60.7 Å². The lowest BCUT2D eigenvalue weighted by Gasteiger charge is -2.27. The van der Waals surface area contributed by atoms with Crippen LogP contribution >= 0.6 is 0 Å². The van der Waals surface area contributed by atoms with Gasteiger partial charge in [-0.1, -0.05) is 19.1 Å². The van der Waals surface area contributed by atoms with Gasteiger partial charge in [0.2, 0.25) is 5.91 Å². The average molecular weight is 339 g/mol. The largest absolute Gasteiger partial charge is 0.493 e. The number of carbonyl (C=O) groups excluding carboxylic acids is 1. The summed E-state index contributed by atoms with van der Waals surface area (Å²) in [5.74, 6) is 1.53. The van der Waals surface area contributed by atoms with Gasteiger partial charge in [0, 0.05) is 18.0 Å². The second kappa shape index (κ2) is 7.18. The third kappa shape index (κ3) is 3.48. The van der Waals surface area contributed by atoms with Gasteiger partial charge in [-0.15, -0.1) is 0 Å². The molecular weight excluding hydrogens is 314 g/mol. The molecule has 0 radical (unpaired) electrons. The molecule has 0 aromatic heterocycles. The van der Waals surface area contributed by atoms with E-state index in [4.69, 9.17) is 9.47 Å². The number of methoxy groups -OCH3 is 1. The molecule has 0 fully saturated rings. The van der Waals surface area contributed by atoms with Gasteiger partial charge in [0.15, 0.2) is 11.5 Å². The maximum atomic E-state index is 12.2. The molecule has 25 heavy (non-hydrogen) atoms. The number of nitrogens with one attached hydrogen (secondary N) is 1. The van der Waals surface area contributed by atoms with E-state index in [0.717, 1.165) is 29.0 Å². The highest BCUT2D eigenvalue weighted by Gasteiger charge is 2.27. The molecule has 1 aliphatic rings. The molecule has 0 bridgehead atoms. The molecular formula is C21H25NO3. The van der Waals surface area contributed by atoms with Crippen LogP contribution in [0.25, 0.3) is 0 Å². The van der Waals surface area contributed by atoms with Gasteiger partial charge in [0.1, 0.15) is 0 Å². The fraction of sp³-hybridized carbons (Fsp3) is 0.381. The van der Waals surface area contributed by atoms with Crippen molar-refractivity contribution in [3.8, 4) is 11.5 Å². The van der Waals surface area contributed by atoms with Gasteiger partial charge in [-0.25, -0.2) is 0 Å². The van der Waals surface area contributed by atoms with E-state index in [9.17, 15) is 4.79 Å². The summed E-state index contributed by atoms with van der Waals surface area (Å²) in [6, 6.07) is 10.2. The smallest absolute Gasteiger partial charge is 0.225 e. The molecule has 4 heteroatoms. The van der Waals surface area contributed by atoms with Crippen LogP contribution in [0.4, 0.5) is 5.69 Å². The first-order chi connectivity index (χ1) is 12.0. The minimum Gasteiger partial charge on any atom is -0.493 e. The molecule has 1 atom stereocenters. The zero-order valence-electron chi connectivity index (χ0n) is 15.3. The predicted molar refractivity (Wildman–Crippen MR) is 99.8 cm³/mol. The molecule has 1 heterocycles. The Morgan fingerprint density at radius 1 is 1.12 bits per heavy atom. The number of aryl methyl sites for hydroxylation is 2. The summed E-state index contributed by atoms with van der Waals surface area (Å²) in [6.45, 7) is 6.89. The zero-order valence-corrected chi connectivity index (χ0v) is 15.3. The standard InChI is InChI=1S/C21H25NO3/c1-5-8-25-19-7-6-15(11-20(19)24-4)16-12-21(23)22-18-10-14(3)13(2)9-17(16)18/h6-7,9-11,16H,5,8,12H2,1-4H3,(H,22,23)/t16-/m1/s1. The Morgan fingerprint density at radius 2 is 1.88 bits per heavy atom. The Morgan fingerprint density at radius 3 is 2.60 bits per heavy atom. The Kier molecular flexibility index (Phi) is 4.98. The number of hydrogen-bond acceptors (Lipinski definition) is 3. The van der Waals surface area contributed by atoms with Crippen LogP contribution in [-0.2, 0) is 4.79 Å². The van der Waals surface area contributed by atoms with Gasteiger partial charge >= 0.3 is 0 Å². The second-order valence-corrected chi connectivity index (χ2v) is 6.59. The van der Waals surface area contributed by atoms with E-state index in [2.05, 4.69) is 38.2 Å². The first-order valence-corrected chi connectivity index (χ1v) is 8.75. The van der Waals surface area contributed by atoms with Crippen LogP contribution < -0.4 is 14.8 Å². The molecule has 132 valence electrons. The quantitative estimate of drug-likeness (QED) is 0.868. The fourth-order valence-corrected chi connectivity index (χ4v) is 3.26. The Balaban J connectivity index is 2.02. The van der Waals surface area contributed by atoms with Crippen molar-refractivity contribution in [1.82, 2.24) is 0 Å². The fourth-order valence-electron chi connectivity index (χ4n) is 3.26. The summed E-state index contributed by atoms with van der Waals surface area (Å²) in [7, 11) is 1.65. The van der Waals surface area contributed by atoms with Crippen LogP contribution in [0.3, 0.4) is 0 Å². The van der Waals surface area contributed by atoms with Crippen molar-refractivity contribution in [1.29, 1.82) is 0 Å². The monoisotopic (exact) mass is 339 g/mol. The number of amides is 1. The summed E-state index contributed by atoms with van der Waals surface area (Å²) in [5.41, 5.74) is 5.55. The van der Waals surface area contributed by atoms with Crippen LogP contribution in [0, 0.1) is 13.8 Å². The minimum atomic E-state index is 0.0252. The number of rotatable bonds is 5. The summed E-state index contributed by atoms with van der Waals surface area (Å²) >= 11 is 0. The van der Waals surface area contributed by atoms with E-state index < -0.39 is 0 Å². The molecule has 1 N–H and O–H groups in total. The zero-order chi connectivity index (χ0) is 18.0. The van der Waals surface area contributed by atoms with E-state index in [0.29, 0.717) is 18.8 Å². The third-order valence-corrected chi connectivity index (χ3v) is 4.76. The molecule has 2 aromatic carbocycles. The molecule has 0 saturated carbocycles. The van der Waals surface area contributed by atoms with Gasteiger partial charge < -0.3 is 14.8 Å². The topological polar surface area (TPSA) is 47.6 Å². The van der Waals surface area contributed by atoms with Gasteiger partial charge in [0.05, 0.1) is 13.7 Å². The Labute approximate surface area is 149 Å². The van der Waals surface area contributed by atoms with Crippen LogP contribution in [0.1, 0.15) is 47.9 Å². The lowest BCUT2D eigenvalue weighted by Crippen LogP contribution is -2.24. The molecule has 2 aromatic rings. The highest BCUT2D eigenvalue weighted by Crippen LogP contribution is 2.41. The number of anilines is 1. The van der Waals surface area contributed by atoms with E-state index in [1.165, 1.54) is 11.1 Å². The number of hydrogen-bond donors (Lipinski definition) is 1. The van der Waals surface area contributed by atoms with Crippen molar-refractivity contribution in [2.24, 2.45) is 0 Å². The van der Waals surface area contributed by atoms with Crippen LogP contribution in [0.15, 0.2) is 30.3 Å². The number of fused-ring (bicyclic) bond motifs is 1. The lowest BCUT2D eigenvalue weighted by atomic mass is 9.83. The molecule has 0 saturated heterocycles. The van der Waals surface area contributed by atoms with Crippen LogP contribution in [-0.4, -0.2) is 19.6 Å². The van der Waals surface area contributed by atoms with Crippen LogP contribution in [0.2, 0.25) is 0 Å². The maximum Gasteiger partial charge on any atom is 0.225 e. The molecule has 0 aliphatic carbocycles. The highest BCUT2D eigenvalue weighted by atomic mass is 16.5. The Bertz CT molecular complexity index is 798. The van der Waals surface area contributed by atoms with Crippen LogP contribution in [0.5, 0.6) is 11.5 Å². The summed E-state index contributed by atoms with van der Waals surface area (Å²) < 4.78 is 11.2. The maximum absolute atomic E-state index is 12.2. The van der Waals surface area contributed by atoms with E-state index in [1.54, 1.807) is 7.11 Å². The highest BCUT2D eigenvalue weighted by molar-refractivity contribution is 5.95. The minimum absolute atomic E-state index is 0.0252. The lowest BCUT2D eigenvalue weighted by molar-refractivity contribution is -0.116. The number of ether oxygens (including phenoxy) is 2. The van der Waals surface area contributed by atoms with Crippen molar-refractivity contribution >= 4 is 11.6 Å². The Hall–Kier alpha value is -2.49. The van der Waals surface area contributed by atoms with Crippen molar-refractivity contribution in [3.63, 3.8) is 0 Å². The summed E-state index contributed by atoms with van der Waals surface area (Å²) in [5, 5.41) is 3.00. The average Bonchev–Trinajstić information content (AvgIpc) is 2.60. The normalized spacial score (nSPS) is 16.2. The molecule has 3 rings (SSSR count). The van der Waals surface area contributed by atoms with E-state index in [-0.39, 0.29) is 11.8 Å². The molecule has 1 amide bonds. The third-order valence-electron chi connectivity index (χ3n) is 4.76. The van der Waals surface area contributed by atoms with Crippen molar-refractivity contribution < 1.29 is 14.3 Å². The first kappa shape index (κ1) is 17.3. The SMILES string of the molecule is CCCOc1ccc([C@H]2CC(=O)Nc3cc(C)c(C)cc32)cc1OC. The van der Waals surface area contributed by atoms with Gasteiger partial charge in [0.25, 0.3) is 0 Å². The summed E-state index contributed by atoms with van der Waals surface area (Å²) in [6.07, 6.45) is 1.38. The van der Waals surface area contributed by atoms with E-state index >= 15 is 0 Å². The summed E-state index contributed by atoms with van der Waals surface area (Å²) in [4.78, 5) is 12.2. The van der Waals surface area contributed by atoms with Gasteiger partial charge in [-0.2, -0.15) is 0 Å². The molecule has 1 aliphatic heterocycles. The molecule has 4 nitrogen and oxygen atoms in total. The number of carbonyl (C=O) groups is 1. The van der Waals surface area contributed by atoms with Gasteiger partial charge in [-0.3, -0.25) is 4.79 Å². The molecule has 0 spiro atoms. The van der Waals surface area contributed by atoms with Crippen molar-refractivity contribution in [2.45, 2.75) is 39.5 Å². The first-order valence-electron chi connectivity index (χ1n) is 8.75. The predicted octanol–water partition coefficient (Wildman–Crippen LogP) is 4.57. The van der Waals surface area contributed by atoms with Crippen molar-refractivity contribution in [2.75, 3.05) is 19.0 Å². The second-order valence-electron chi connectivity index (χ2n) is 6.59.